The Morgan fingerprint density at radius 2 is 1.87 bits per heavy atom. The van der Waals surface area contributed by atoms with Crippen LogP contribution in [0.5, 0.6) is 5.75 Å². The number of fused-ring (bicyclic) bond motifs is 1. The van der Waals surface area contributed by atoms with Gasteiger partial charge in [0.05, 0.1) is 12.6 Å². The molecule has 168 valence electrons. The van der Waals surface area contributed by atoms with Crippen molar-refractivity contribution in [3.05, 3.63) is 51.7 Å². The largest absolute Gasteiger partial charge is 0.491 e. The Kier molecular flexibility index (Phi) is 7.76. The van der Waals surface area contributed by atoms with Gasteiger partial charge in [0, 0.05) is 23.9 Å². The van der Waals surface area contributed by atoms with Crippen LogP contribution in [0.15, 0.2) is 35.7 Å². The normalized spacial score (nSPS) is 15.8. The second kappa shape index (κ2) is 10.3. The summed E-state index contributed by atoms with van der Waals surface area (Å²) in [5, 5.41) is 2.09. The van der Waals surface area contributed by atoms with Crippen molar-refractivity contribution in [1.82, 2.24) is 9.80 Å². The number of nitrogens with zero attached hydrogens (tertiary/aromatic N) is 2. The Hall–Kier alpha value is -2.34. The van der Waals surface area contributed by atoms with Crippen molar-refractivity contribution in [1.29, 1.82) is 0 Å². The maximum absolute atomic E-state index is 13.4. The van der Waals surface area contributed by atoms with Gasteiger partial charge in [-0.15, -0.1) is 11.3 Å². The van der Waals surface area contributed by atoms with Crippen molar-refractivity contribution >= 4 is 23.2 Å². The molecule has 3 rings (SSSR count). The summed E-state index contributed by atoms with van der Waals surface area (Å²) in [5.41, 5.74) is 2.35. The third kappa shape index (κ3) is 5.88. The summed E-state index contributed by atoms with van der Waals surface area (Å²) in [6.45, 7) is 11.2. The third-order valence-electron chi connectivity index (χ3n) is 5.68. The lowest BCUT2D eigenvalue weighted by Crippen LogP contribution is -2.49. The molecule has 6 heteroatoms. The van der Waals surface area contributed by atoms with Gasteiger partial charge in [-0.25, -0.2) is 0 Å². The van der Waals surface area contributed by atoms with Gasteiger partial charge in [-0.1, -0.05) is 31.5 Å². The second-order valence-corrected chi connectivity index (χ2v) is 9.99. The fourth-order valence-corrected chi connectivity index (χ4v) is 4.87. The van der Waals surface area contributed by atoms with E-state index in [4.69, 9.17) is 4.74 Å². The van der Waals surface area contributed by atoms with Crippen molar-refractivity contribution in [2.45, 2.75) is 59.5 Å². The van der Waals surface area contributed by atoms with Crippen molar-refractivity contribution in [2.75, 3.05) is 19.7 Å². The molecule has 0 radical (unpaired) electrons. The second-order valence-electron chi connectivity index (χ2n) is 8.99. The topological polar surface area (TPSA) is 49.9 Å². The van der Waals surface area contributed by atoms with Crippen LogP contribution in [0.4, 0.5) is 0 Å². The molecule has 1 aromatic carbocycles. The fourth-order valence-electron chi connectivity index (χ4n) is 3.95. The molecular weight excluding hydrogens is 408 g/mol. The van der Waals surface area contributed by atoms with E-state index >= 15 is 0 Å². The highest BCUT2D eigenvalue weighted by Crippen LogP contribution is 2.34. The Balaban J connectivity index is 1.76. The summed E-state index contributed by atoms with van der Waals surface area (Å²) in [4.78, 5) is 31.0. The molecule has 2 amide bonds. The van der Waals surface area contributed by atoms with Crippen LogP contribution in [0.1, 0.15) is 56.2 Å². The number of rotatable bonds is 8. The highest BCUT2D eigenvalue weighted by atomic mass is 32.1. The van der Waals surface area contributed by atoms with E-state index in [1.165, 1.54) is 16.0 Å². The number of aryl methyl sites for hydroxylation is 1. The Morgan fingerprint density at radius 1 is 1.16 bits per heavy atom. The molecule has 0 aliphatic carbocycles. The Labute approximate surface area is 190 Å². The molecule has 31 heavy (non-hydrogen) atoms. The molecule has 5 nitrogen and oxygen atoms in total. The van der Waals surface area contributed by atoms with E-state index in [1.54, 1.807) is 16.2 Å². The van der Waals surface area contributed by atoms with Crippen molar-refractivity contribution in [3.63, 3.8) is 0 Å². The van der Waals surface area contributed by atoms with Crippen molar-refractivity contribution in [2.24, 2.45) is 5.92 Å². The van der Waals surface area contributed by atoms with Gasteiger partial charge in [-0.05, 0) is 62.3 Å². The monoisotopic (exact) mass is 442 g/mol. The highest BCUT2D eigenvalue weighted by molar-refractivity contribution is 7.10. The van der Waals surface area contributed by atoms with Crippen molar-refractivity contribution < 1.29 is 14.3 Å². The zero-order chi connectivity index (χ0) is 22.5. The molecule has 0 unspecified atom stereocenters. The maximum atomic E-state index is 13.4. The molecule has 1 aromatic heterocycles. The lowest BCUT2D eigenvalue weighted by molar-refractivity contribution is -0.144. The SMILES string of the molecule is Cc1ccc(OC[C@@H]2c3ccsc3CCN2C(=O)CN(C(=O)CC(C)C)C(C)C)cc1. The van der Waals surface area contributed by atoms with Gasteiger partial charge in [0.1, 0.15) is 12.4 Å². The van der Waals surface area contributed by atoms with E-state index in [9.17, 15) is 9.59 Å². The van der Waals surface area contributed by atoms with Gasteiger partial charge in [-0.2, -0.15) is 0 Å². The zero-order valence-corrected chi connectivity index (χ0v) is 20.1. The third-order valence-corrected chi connectivity index (χ3v) is 6.67. The van der Waals surface area contributed by atoms with E-state index in [2.05, 4.69) is 11.4 Å². The summed E-state index contributed by atoms with van der Waals surface area (Å²) in [5.74, 6) is 1.10. The molecule has 1 atom stereocenters. The van der Waals surface area contributed by atoms with Crippen LogP contribution >= 0.6 is 11.3 Å². The smallest absolute Gasteiger partial charge is 0.242 e. The number of ether oxygens (including phenoxy) is 1. The maximum Gasteiger partial charge on any atom is 0.242 e. The molecule has 0 spiro atoms. The molecule has 1 aliphatic heterocycles. The molecule has 2 aromatic rings. The number of carbonyl (C=O) groups is 2. The van der Waals surface area contributed by atoms with Gasteiger partial charge in [0.25, 0.3) is 0 Å². The molecule has 2 heterocycles. The van der Waals surface area contributed by atoms with Crippen LogP contribution in [0, 0.1) is 12.8 Å². The van der Waals surface area contributed by atoms with Gasteiger partial charge in [0.15, 0.2) is 0 Å². The van der Waals surface area contributed by atoms with Gasteiger partial charge in [0.2, 0.25) is 11.8 Å². The summed E-state index contributed by atoms with van der Waals surface area (Å²) in [6, 6.07) is 9.92. The minimum atomic E-state index is -0.141. The Bertz CT molecular complexity index is 888. The van der Waals surface area contributed by atoms with Gasteiger partial charge in [-0.3, -0.25) is 9.59 Å². The van der Waals surface area contributed by atoms with Crippen LogP contribution in [0.2, 0.25) is 0 Å². The number of hydrogen-bond donors (Lipinski definition) is 0. The molecule has 0 N–H and O–H groups in total. The first-order valence-electron chi connectivity index (χ1n) is 11.1. The molecular formula is C25H34N2O3S. The zero-order valence-electron chi connectivity index (χ0n) is 19.3. The van der Waals surface area contributed by atoms with Crippen LogP contribution in [0.3, 0.4) is 0 Å². The van der Waals surface area contributed by atoms with Gasteiger partial charge >= 0.3 is 0 Å². The lowest BCUT2D eigenvalue weighted by atomic mass is 10.00. The predicted octanol–water partition coefficient (Wildman–Crippen LogP) is 4.84. The van der Waals surface area contributed by atoms with Crippen LogP contribution < -0.4 is 4.74 Å². The summed E-state index contributed by atoms with van der Waals surface area (Å²) < 4.78 is 6.09. The number of hydrogen-bond acceptors (Lipinski definition) is 4. The summed E-state index contributed by atoms with van der Waals surface area (Å²) in [6.07, 6.45) is 1.31. The van der Waals surface area contributed by atoms with Crippen molar-refractivity contribution in [3.8, 4) is 5.75 Å². The summed E-state index contributed by atoms with van der Waals surface area (Å²) >= 11 is 1.74. The minimum absolute atomic E-state index is 0.0137. The average Bonchev–Trinajstić information content (AvgIpc) is 3.19. The highest BCUT2D eigenvalue weighted by Gasteiger charge is 2.34. The summed E-state index contributed by atoms with van der Waals surface area (Å²) in [7, 11) is 0. The first-order chi connectivity index (χ1) is 14.8. The number of thiophene rings is 1. The minimum Gasteiger partial charge on any atom is -0.491 e. The molecule has 0 saturated heterocycles. The molecule has 0 bridgehead atoms. The predicted molar refractivity (Wildman–Crippen MR) is 125 cm³/mol. The van der Waals surface area contributed by atoms with E-state index in [-0.39, 0.29) is 36.4 Å². The lowest BCUT2D eigenvalue weighted by Gasteiger charge is -2.38. The van der Waals surface area contributed by atoms with E-state index in [1.807, 2.05) is 63.8 Å². The number of amides is 2. The molecule has 1 aliphatic rings. The van der Waals surface area contributed by atoms with Crippen LogP contribution in [-0.2, 0) is 16.0 Å². The van der Waals surface area contributed by atoms with Gasteiger partial charge < -0.3 is 14.5 Å². The first kappa shape index (κ1) is 23.3. The first-order valence-corrected chi connectivity index (χ1v) is 12.0. The quantitative estimate of drug-likeness (QED) is 0.588. The van der Waals surface area contributed by atoms with Crippen LogP contribution in [-0.4, -0.2) is 47.4 Å². The molecule has 0 fully saturated rings. The van der Waals surface area contributed by atoms with E-state index < -0.39 is 0 Å². The Morgan fingerprint density at radius 3 is 2.52 bits per heavy atom. The van der Waals surface area contributed by atoms with E-state index in [0.29, 0.717) is 19.6 Å². The van der Waals surface area contributed by atoms with E-state index in [0.717, 1.165) is 12.2 Å². The number of benzene rings is 1. The van der Waals surface area contributed by atoms with Crippen LogP contribution in [0.25, 0.3) is 0 Å². The number of carbonyl (C=O) groups excluding carboxylic acids is 2. The molecule has 0 saturated carbocycles. The fraction of sp³-hybridized carbons (Fsp3) is 0.520. The average molecular weight is 443 g/mol. The standard InChI is InChI=1S/C25H34N2O3S/c1-17(2)14-24(28)27(18(3)4)15-25(29)26-12-10-23-21(11-13-31-23)22(26)16-30-20-8-6-19(5)7-9-20/h6-9,11,13,17-18,22H,10,12,14-16H2,1-5H3/t22-/m1/s1.